The molecule has 6 heteroatoms. The van der Waals surface area contributed by atoms with Crippen molar-refractivity contribution in [2.45, 2.75) is 19.3 Å². The molecule has 14 heavy (non-hydrogen) atoms. The second-order valence-corrected chi connectivity index (χ2v) is 4.93. The Kier molecular flexibility index (Phi) is 2.21. The van der Waals surface area contributed by atoms with Gasteiger partial charge in [0.25, 0.3) is 5.91 Å². The number of anilines is 1. The van der Waals surface area contributed by atoms with Crippen LogP contribution in [0.1, 0.15) is 20.8 Å². The van der Waals surface area contributed by atoms with E-state index in [2.05, 4.69) is 17.9 Å². The fourth-order valence-corrected chi connectivity index (χ4v) is 2.81. The third kappa shape index (κ3) is 1.22. The second-order valence-electron chi connectivity index (χ2n) is 3.22. The SMILES string of the molecule is Cc1sc2c(c1C)C(=O)N(N)C(S)N2. The van der Waals surface area contributed by atoms with Crippen LogP contribution in [-0.4, -0.2) is 16.4 Å². The molecule has 0 bridgehead atoms. The molecule has 2 rings (SSSR count). The first-order valence-corrected chi connectivity index (χ1v) is 5.48. The van der Waals surface area contributed by atoms with Gasteiger partial charge >= 0.3 is 0 Å². The maximum absolute atomic E-state index is 11.8. The first-order valence-electron chi connectivity index (χ1n) is 4.15. The molecule has 0 saturated heterocycles. The van der Waals surface area contributed by atoms with Crippen LogP contribution in [0.5, 0.6) is 0 Å². The van der Waals surface area contributed by atoms with Gasteiger partial charge in [0.2, 0.25) is 0 Å². The van der Waals surface area contributed by atoms with E-state index < -0.39 is 5.50 Å². The Morgan fingerprint density at radius 2 is 2.21 bits per heavy atom. The average molecular weight is 229 g/mol. The number of hydrazine groups is 1. The Balaban J connectivity index is 2.57. The summed E-state index contributed by atoms with van der Waals surface area (Å²) >= 11 is 5.72. The monoisotopic (exact) mass is 229 g/mol. The molecule has 1 unspecified atom stereocenters. The van der Waals surface area contributed by atoms with Gasteiger partial charge < -0.3 is 5.32 Å². The fourth-order valence-electron chi connectivity index (χ4n) is 1.41. The Morgan fingerprint density at radius 1 is 1.57 bits per heavy atom. The quantitative estimate of drug-likeness (QED) is 0.357. The third-order valence-electron chi connectivity index (χ3n) is 2.36. The van der Waals surface area contributed by atoms with Crippen LogP contribution in [-0.2, 0) is 0 Å². The summed E-state index contributed by atoms with van der Waals surface area (Å²) in [6.45, 7) is 3.92. The number of nitrogens with two attached hydrogens (primary N) is 1. The normalized spacial score (nSPS) is 20.7. The van der Waals surface area contributed by atoms with Gasteiger partial charge in [0, 0.05) is 4.88 Å². The van der Waals surface area contributed by atoms with Crippen LogP contribution in [0.2, 0.25) is 0 Å². The van der Waals surface area contributed by atoms with Crippen LogP contribution >= 0.6 is 24.0 Å². The number of amides is 1. The van der Waals surface area contributed by atoms with E-state index in [1.165, 1.54) is 0 Å². The van der Waals surface area contributed by atoms with Gasteiger partial charge in [0.15, 0.2) is 5.50 Å². The molecule has 0 saturated carbocycles. The summed E-state index contributed by atoms with van der Waals surface area (Å²) in [5.41, 5.74) is 1.24. The number of thiophene rings is 1. The number of thiol groups is 1. The lowest BCUT2D eigenvalue weighted by molar-refractivity contribution is 0.0741. The van der Waals surface area contributed by atoms with E-state index in [4.69, 9.17) is 5.84 Å². The number of hydrogen-bond acceptors (Lipinski definition) is 5. The first kappa shape index (κ1) is 9.82. The predicted octanol–water partition coefficient (Wildman–Crippen LogP) is 1.32. The second kappa shape index (κ2) is 3.15. The molecule has 1 aliphatic heterocycles. The molecule has 4 nitrogen and oxygen atoms in total. The van der Waals surface area contributed by atoms with Crippen molar-refractivity contribution in [1.82, 2.24) is 5.01 Å². The molecule has 1 amide bonds. The minimum absolute atomic E-state index is 0.166. The average Bonchev–Trinajstić information content (AvgIpc) is 2.39. The van der Waals surface area contributed by atoms with Gasteiger partial charge in [0.05, 0.1) is 5.56 Å². The molecule has 0 spiro atoms. The summed E-state index contributed by atoms with van der Waals surface area (Å²) in [5.74, 6) is 5.40. The van der Waals surface area contributed by atoms with Crippen molar-refractivity contribution in [3.05, 3.63) is 16.0 Å². The number of nitrogens with one attached hydrogen (secondary N) is 1. The lowest BCUT2D eigenvalue weighted by atomic mass is 10.1. The standard InChI is InChI=1S/C8H11N3OS2/c1-3-4(2)14-6-5(3)7(12)11(9)8(13)10-6/h8,10,13H,9H2,1-2H3. The minimum atomic E-state index is -0.438. The van der Waals surface area contributed by atoms with Gasteiger partial charge in [-0.05, 0) is 19.4 Å². The van der Waals surface area contributed by atoms with E-state index in [0.29, 0.717) is 5.56 Å². The zero-order valence-electron chi connectivity index (χ0n) is 7.87. The lowest BCUT2D eigenvalue weighted by Crippen LogP contribution is -2.49. The van der Waals surface area contributed by atoms with Gasteiger partial charge in [-0.2, -0.15) is 0 Å². The highest BCUT2D eigenvalue weighted by Gasteiger charge is 2.31. The molecule has 0 aliphatic carbocycles. The zero-order valence-corrected chi connectivity index (χ0v) is 9.58. The van der Waals surface area contributed by atoms with Crippen LogP contribution in [0.3, 0.4) is 0 Å². The molecule has 1 atom stereocenters. The third-order valence-corrected chi connectivity index (χ3v) is 3.87. The maximum Gasteiger partial charge on any atom is 0.273 e. The molecule has 76 valence electrons. The van der Waals surface area contributed by atoms with Crippen LogP contribution in [0.25, 0.3) is 0 Å². The van der Waals surface area contributed by atoms with Crippen LogP contribution in [0.4, 0.5) is 5.00 Å². The first-order chi connectivity index (χ1) is 6.52. The fraction of sp³-hybridized carbons (Fsp3) is 0.375. The highest BCUT2D eigenvalue weighted by atomic mass is 32.1. The number of hydrogen-bond donors (Lipinski definition) is 3. The van der Waals surface area contributed by atoms with Gasteiger partial charge in [-0.25, -0.2) is 10.9 Å². The molecule has 0 fully saturated rings. The van der Waals surface area contributed by atoms with Crippen molar-refractivity contribution in [2.24, 2.45) is 5.84 Å². The van der Waals surface area contributed by atoms with Crippen LogP contribution in [0, 0.1) is 13.8 Å². The van der Waals surface area contributed by atoms with Crippen LogP contribution < -0.4 is 11.2 Å². The molecule has 1 aliphatic rings. The summed E-state index contributed by atoms with van der Waals surface area (Å²) in [6, 6.07) is 0. The number of aryl methyl sites for hydroxylation is 1. The largest absolute Gasteiger partial charge is 0.347 e. The molecular formula is C8H11N3OS2. The van der Waals surface area contributed by atoms with E-state index in [0.717, 1.165) is 20.5 Å². The molecule has 1 aromatic heterocycles. The number of carbonyl (C=O) groups is 1. The Hall–Kier alpha value is -0.720. The Bertz CT molecular complexity index is 402. The Morgan fingerprint density at radius 3 is 2.86 bits per heavy atom. The highest BCUT2D eigenvalue weighted by Crippen LogP contribution is 2.36. The van der Waals surface area contributed by atoms with Crippen molar-refractivity contribution < 1.29 is 4.79 Å². The van der Waals surface area contributed by atoms with Gasteiger partial charge in [-0.1, -0.05) is 0 Å². The topological polar surface area (TPSA) is 58.4 Å². The van der Waals surface area contributed by atoms with E-state index >= 15 is 0 Å². The maximum atomic E-state index is 11.8. The number of carbonyl (C=O) groups excluding carboxylic acids is 1. The van der Waals surface area contributed by atoms with Crippen molar-refractivity contribution in [3.8, 4) is 0 Å². The van der Waals surface area contributed by atoms with Gasteiger partial charge in [-0.3, -0.25) is 4.79 Å². The van der Waals surface area contributed by atoms with E-state index in [1.54, 1.807) is 11.3 Å². The van der Waals surface area contributed by atoms with E-state index in [1.807, 2.05) is 13.8 Å². The van der Waals surface area contributed by atoms with Crippen molar-refractivity contribution in [3.63, 3.8) is 0 Å². The summed E-state index contributed by atoms with van der Waals surface area (Å²) in [6.07, 6.45) is 0. The minimum Gasteiger partial charge on any atom is -0.347 e. The summed E-state index contributed by atoms with van der Waals surface area (Å²) in [4.78, 5) is 12.9. The van der Waals surface area contributed by atoms with Gasteiger partial charge in [0.1, 0.15) is 5.00 Å². The van der Waals surface area contributed by atoms with E-state index in [-0.39, 0.29) is 5.91 Å². The molecular weight excluding hydrogens is 218 g/mol. The molecule has 0 radical (unpaired) electrons. The smallest absolute Gasteiger partial charge is 0.273 e. The molecule has 1 aromatic rings. The van der Waals surface area contributed by atoms with Crippen molar-refractivity contribution in [1.29, 1.82) is 0 Å². The predicted molar refractivity (Wildman–Crippen MR) is 60.5 cm³/mol. The summed E-state index contributed by atoms with van der Waals surface area (Å²) in [7, 11) is 0. The highest BCUT2D eigenvalue weighted by molar-refractivity contribution is 7.81. The van der Waals surface area contributed by atoms with Crippen LogP contribution in [0.15, 0.2) is 0 Å². The van der Waals surface area contributed by atoms with Gasteiger partial charge in [-0.15, -0.1) is 24.0 Å². The number of rotatable bonds is 0. The molecule has 0 aromatic carbocycles. The summed E-state index contributed by atoms with van der Waals surface area (Å²) in [5, 5.41) is 5.03. The van der Waals surface area contributed by atoms with Crippen molar-refractivity contribution in [2.75, 3.05) is 5.32 Å². The van der Waals surface area contributed by atoms with E-state index in [9.17, 15) is 4.79 Å². The number of fused-ring (bicyclic) bond motifs is 1. The molecule has 3 N–H and O–H groups in total. The zero-order chi connectivity index (χ0) is 10.5. The Labute approximate surface area is 91.5 Å². The van der Waals surface area contributed by atoms with Crippen molar-refractivity contribution >= 4 is 34.9 Å². The summed E-state index contributed by atoms with van der Waals surface area (Å²) < 4.78 is 0. The molecule has 2 heterocycles. The number of nitrogens with zero attached hydrogens (tertiary/aromatic N) is 1. The lowest BCUT2D eigenvalue weighted by Gasteiger charge is -2.29.